The molecule has 1 amide bonds. The second-order valence-electron chi connectivity index (χ2n) is 6.41. The van der Waals surface area contributed by atoms with Gasteiger partial charge in [0, 0.05) is 24.1 Å². The van der Waals surface area contributed by atoms with Crippen molar-refractivity contribution in [3.63, 3.8) is 0 Å². The molecule has 0 saturated heterocycles. The van der Waals surface area contributed by atoms with E-state index >= 15 is 0 Å². The number of benzene rings is 2. The minimum atomic E-state index is -2.61. The first-order valence-electron chi connectivity index (χ1n) is 9.38. The Morgan fingerprint density at radius 3 is 2.41 bits per heavy atom. The number of esters is 1. The molecule has 0 aliphatic heterocycles. The number of amides is 1. The van der Waals surface area contributed by atoms with Crippen LogP contribution in [0.4, 0.5) is 10.5 Å². The molecule has 0 bridgehead atoms. The van der Waals surface area contributed by atoms with Crippen LogP contribution in [0, 0.1) is 10.1 Å². The third kappa shape index (κ3) is 7.69. The molecule has 12 heteroatoms. The first-order chi connectivity index (χ1) is 15.3. The Labute approximate surface area is 184 Å². The molecule has 11 nitrogen and oxygen atoms in total. The van der Waals surface area contributed by atoms with Gasteiger partial charge >= 0.3 is 25.9 Å². The third-order valence-corrected chi connectivity index (χ3v) is 5.35. The zero-order chi connectivity index (χ0) is 23.5. The lowest BCUT2D eigenvalue weighted by Crippen LogP contribution is -2.42. The van der Waals surface area contributed by atoms with Gasteiger partial charge in [-0.3, -0.25) is 10.1 Å². The molecule has 2 rings (SSSR count). The largest absolute Gasteiger partial charge is 0.545 e. The van der Waals surface area contributed by atoms with Crippen LogP contribution < -0.4 is 5.32 Å². The molecule has 0 aliphatic rings. The van der Waals surface area contributed by atoms with Crippen LogP contribution in [-0.4, -0.2) is 41.9 Å². The van der Waals surface area contributed by atoms with E-state index in [0.717, 1.165) is 12.7 Å². The number of rotatable bonds is 11. The average Bonchev–Trinajstić information content (AvgIpc) is 2.81. The highest BCUT2D eigenvalue weighted by Gasteiger charge is 2.33. The van der Waals surface area contributed by atoms with Crippen molar-refractivity contribution in [2.24, 2.45) is 0 Å². The number of hydrogen-bond acceptors (Lipinski definition) is 9. The summed E-state index contributed by atoms with van der Waals surface area (Å²) in [5.41, 5.74) is 0.755. The lowest BCUT2D eigenvalue weighted by Gasteiger charge is -2.15. The van der Waals surface area contributed by atoms with E-state index in [1.807, 2.05) is 6.07 Å². The molecule has 0 fully saturated rings. The van der Waals surface area contributed by atoms with Gasteiger partial charge in [0.1, 0.15) is 19.3 Å². The van der Waals surface area contributed by atoms with Gasteiger partial charge in [-0.2, -0.15) is 0 Å². The highest BCUT2D eigenvalue weighted by molar-refractivity contribution is 7.39. The van der Waals surface area contributed by atoms with Crippen molar-refractivity contribution in [1.29, 1.82) is 0 Å². The van der Waals surface area contributed by atoms with E-state index in [-0.39, 0.29) is 30.9 Å². The van der Waals surface area contributed by atoms with Gasteiger partial charge < -0.3 is 19.9 Å². The van der Waals surface area contributed by atoms with Crippen LogP contribution in [0.5, 0.6) is 0 Å². The maximum Gasteiger partial charge on any atom is 0.545 e. The molecule has 2 aromatic rings. The number of carbonyl (C=O) groups is 2. The minimum Gasteiger partial charge on any atom is -0.467 e. The van der Waals surface area contributed by atoms with Gasteiger partial charge in [0.05, 0.1) is 12.0 Å². The van der Waals surface area contributed by atoms with E-state index in [4.69, 9.17) is 9.26 Å². The van der Waals surface area contributed by atoms with Crippen LogP contribution in [-0.2, 0) is 30.0 Å². The number of aliphatic hydroxyl groups is 1. The van der Waals surface area contributed by atoms with Crippen LogP contribution in [0.1, 0.15) is 23.4 Å². The first kappa shape index (κ1) is 24.9. The van der Waals surface area contributed by atoms with E-state index in [2.05, 4.69) is 10.1 Å². The Morgan fingerprint density at radius 1 is 1.16 bits per heavy atom. The molecular formula is C20H22N2O9P+. The average molecular weight is 465 g/mol. The van der Waals surface area contributed by atoms with Gasteiger partial charge in [-0.1, -0.05) is 30.3 Å². The highest BCUT2D eigenvalue weighted by atomic mass is 31.1. The number of non-ortho nitro benzene ring substituents is 1. The van der Waals surface area contributed by atoms with Crippen LogP contribution in [0.15, 0.2) is 54.6 Å². The van der Waals surface area contributed by atoms with Crippen molar-refractivity contribution in [3.8, 4) is 0 Å². The molecule has 3 atom stereocenters. The molecule has 0 saturated carbocycles. The summed E-state index contributed by atoms with van der Waals surface area (Å²) in [6.45, 7) is -0.248. The number of alkyl carbamates (subject to hydrolysis) is 1. The maximum absolute atomic E-state index is 12.2. The number of carbonyl (C=O) groups excluding carboxylic acids is 2. The fraction of sp³-hybridized carbons (Fsp3) is 0.300. The third-order valence-electron chi connectivity index (χ3n) is 4.22. The molecule has 0 aliphatic carbocycles. The second-order valence-corrected chi connectivity index (χ2v) is 7.73. The molecule has 0 heterocycles. The predicted octanol–water partition coefficient (Wildman–Crippen LogP) is 3.20. The first-order valence-corrected chi connectivity index (χ1v) is 10.6. The number of nitrogens with one attached hydrogen (secondary N) is 1. The summed E-state index contributed by atoms with van der Waals surface area (Å²) < 4.78 is 27.0. The zero-order valence-electron chi connectivity index (χ0n) is 17.1. The van der Waals surface area contributed by atoms with Crippen LogP contribution in [0.25, 0.3) is 0 Å². The van der Waals surface area contributed by atoms with E-state index < -0.39 is 36.9 Å². The highest BCUT2D eigenvalue weighted by Crippen LogP contribution is 2.40. The Bertz CT molecular complexity index is 938. The summed E-state index contributed by atoms with van der Waals surface area (Å²) in [5, 5.41) is 23.1. The quantitative estimate of drug-likeness (QED) is 0.220. The number of nitrogens with zero attached hydrogens (tertiary/aromatic N) is 1. The summed E-state index contributed by atoms with van der Waals surface area (Å²) in [6, 6.07) is 12.7. The van der Waals surface area contributed by atoms with Crippen LogP contribution in [0.3, 0.4) is 0 Å². The number of nitro groups is 1. The monoisotopic (exact) mass is 465 g/mol. The van der Waals surface area contributed by atoms with Gasteiger partial charge in [-0.05, 0) is 22.3 Å². The lowest BCUT2D eigenvalue weighted by atomic mass is 10.2. The van der Waals surface area contributed by atoms with Gasteiger partial charge in [0.25, 0.3) is 5.69 Å². The molecule has 0 spiro atoms. The Kier molecular flexibility index (Phi) is 9.68. The van der Waals surface area contributed by atoms with E-state index in [9.17, 15) is 29.4 Å². The number of hydrogen-bond donors (Lipinski definition) is 2. The Hall–Kier alpha value is -3.40. The molecule has 32 heavy (non-hydrogen) atoms. The smallest absolute Gasteiger partial charge is 0.467 e. The van der Waals surface area contributed by atoms with Crippen molar-refractivity contribution in [2.45, 2.75) is 24.9 Å². The van der Waals surface area contributed by atoms with Crippen molar-refractivity contribution in [1.82, 2.24) is 5.32 Å². The second kappa shape index (κ2) is 12.5. The molecule has 2 unspecified atom stereocenters. The number of aliphatic hydroxyl groups excluding tert-OH is 1. The maximum atomic E-state index is 12.2. The number of nitro benzene ring substituents is 1. The van der Waals surface area contributed by atoms with Gasteiger partial charge in [-0.15, -0.1) is 4.52 Å². The van der Waals surface area contributed by atoms with Crippen molar-refractivity contribution < 1.29 is 38.2 Å². The topological polar surface area (TPSA) is 154 Å². The van der Waals surface area contributed by atoms with Crippen LogP contribution in [0.2, 0.25) is 0 Å². The summed E-state index contributed by atoms with van der Waals surface area (Å²) in [4.78, 5) is 34.0. The van der Waals surface area contributed by atoms with Crippen molar-refractivity contribution in [3.05, 3.63) is 75.8 Å². The van der Waals surface area contributed by atoms with E-state index in [1.165, 1.54) is 24.3 Å². The molecule has 0 radical (unpaired) electrons. The summed E-state index contributed by atoms with van der Waals surface area (Å²) in [6.07, 6.45) is -0.944. The molecule has 0 aromatic heterocycles. The van der Waals surface area contributed by atoms with Crippen molar-refractivity contribution >= 4 is 25.8 Å². The zero-order valence-corrected chi connectivity index (χ0v) is 18.0. The SMILES string of the molecule is COC(=O)[C@H](CCO[P+](=O)C(O)c1ccc([N+](=O)[O-])cc1)NC(=O)OCc1ccccc1. The summed E-state index contributed by atoms with van der Waals surface area (Å²) in [7, 11) is -1.47. The Balaban J connectivity index is 1.84. The van der Waals surface area contributed by atoms with Crippen molar-refractivity contribution in [2.75, 3.05) is 13.7 Å². The standard InChI is InChI=1S/C20H21N2O9P/c1-29-18(23)17(21-20(25)30-13-14-5-3-2-4-6-14)11-12-31-32(28)19(24)15-7-9-16(10-8-15)22(26)27/h2-10,17,19,24H,11-13H2,1H3/p+1/t17-,19?/m0/s1. The predicted molar refractivity (Wildman–Crippen MR) is 112 cm³/mol. The van der Waals surface area contributed by atoms with Gasteiger partial charge in [0.15, 0.2) is 0 Å². The van der Waals surface area contributed by atoms with Gasteiger partial charge in [0.2, 0.25) is 0 Å². The molecular weight excluding hydrogens is 443 g/mol. The van der Waals surface area contributed by atoms with Gasteiger partial charge in [-0.25, -0.2) is 9.59 Å². The Morgan fingerprint density at radius 2 is 1.81 bits per heavy atom. The molecule has 170 valence electrons. The van der Waals surface area contributed by atoms with Crippen LogP contribution >= 0.6 is 8.03 Å². The summed E-state index contributed by atoms with van der Waals surface area (Å²) in [5.74, 6) is -2.28. The molecule has 2 aromatic carbocycles. The molecule has 2 N–H and O–H groups in total. The minimum absolute atomic E-state index is 0.00432. The number of methoxy groups -OCH3 is 1. The summed E-state index contributed by atoms with van der Waals surface area (Å²) >= 11 is 0. The fourth-order valence-corrected chi connectivity index (χ4v) is 3.36. The van der Waals surface area contributed by atoms with E-state index in [1.54, 1.807) is 24.3 Å². The lowest BCUT2D eigenvalue weighted by molar-refractivity contribution is -0.384. The fourth-order valence-electron chi connectivity index (χ4n) is 2.52. The van der Waals surface area contributed by atoms with E-state index in [0.29, 0.717) is 0 Å². The number of ether oxygens (including phenoxy) is 2. The normalized spacial score (nSPS) is 12.9.